The summed E-state index contributed by atoms with van der Waals surface area (Å²) in [6, 6.07) is 1.63. The quantitative estimate of drug-likeness (QED) is 0.519. The highest BCUT2D eigenvalue weighted by Gasteiger charge is 2.18. The van der Waals surface area contributed by atoms with Crippen molar-refractivity contribution in [1.29, 1.82) is 0 Å². The highest BCUT2D eigenvalue weighted by molar-refractivity contribution is 9.11. The molecule has 1 aromatic rings. The number of thiophene rings is 1. The summed E-state index contributed by atoms with van der Waals surface area (Å²) in [5.41, 5.74) is 0. The van der Waals surface area contributed by atoms with Crippen LogP contribution in [0, 0.1) is 6.92 Å². The molecule has 1 heterocycles. The minimum absolute atomic E-state index is 0.348. The monoisotopic (exact) mass is 419 g/mol. The Morgan fingerprint density at radius 2 is 2.17 bits per heavy atom. The van der Waals surface area contributed by atoms with Crippen molar-refractivity contribution in [2.45, 2.75) is 18.2 Å². The van der Waals surface area contributed by atoms with Crippen LogP contribution in [0.25, 0.3) is 0 Å². The summed E-state index contributed by atoms with van der Waals surface area (Å²) in [7, 11) is -3.40. The lowest BCUT2D eigenvalue weighted by Gasteiger charge is -2.06. The summed E-state index contributed by atoms with van der Waals surface area (Å²) < 4.78 is 32.6. The Kier molecular flexibility index (Phi) is 7.33. The van der Waals surface area contributed by atoms with Gasteiger partial charge in [0.25, 0.3) is 0 Å². The molecule has 4 nitrogen and oxygen atoms in total. The Labute approximate surface area is 128 Å². The van der Waals surface area contributed by atoms with Crippen molar-refractivity contribution in [3.63, 3.8) is 0 Å². The molecular weight excluding hydrogens is 406 g/mol. The largest absolute Gasteiger partial charge is 0.381 e. The van der Waals surface area contributed by atoms with E-state index in [-0.39, 0.29) is 0 Å². The Morgan fingerprint density at radius 3 is 2.72 bits per heavy atom. The van der Waals surface area contributed by atoms with Crippen LogP contribution in [-0.2, 0) is 14.8 Å². The Balaban J connectivity index is 2.43. The van der Waals surface area contributed by atoms with E-state index in [0.717, 1.165) is 14.0 Å². The first-order valence-corrected chi connectivity index (χ1v) is 9.58. The van der Waals surface area contributed by atoms with E-state index in [9.17, 15) is 8.42 Å². The molecule has 0 saturated heterocycles. The second-order valence-corrected chi connectivity index (χ2v) is 8.69. The molecule has 0 spiro atoms. The summed E-state index contributed by atoms with van der Waals surface area (Å²) in [4.78, 5) is 1.13. The SMILES string of the molecule is Cc1sc(Br)cc1S(=O)(=O)NCCCOCCBr. The maximum absolute atomic E-state index is 12.0. The van der Waals surface area contributed by atoms with Gasteiger partial charge in [0.1, 0.15) is 0 Å². The van der Waals surface area contributed by atoms with E-state index in [1.807, 2.05) is 0 Å². The number of nitrogens with one attached hydrogen (secondary N) is 1. The van der Waals surface area contributed by atoms with Crippen LogP contribution in [0.4, 0.5) is 0 Å². The first kappa shape index (κ1) is 16.6. The van der Waals surface area contributed by atoms with Gasteiger partial charge in [-0.2, -0.15) is 0 Å². The number of ether oxygens (including phenoxy) is 1. The van der Waals surface area contributed by atoms with Gasteiger partial charge in [-0.25, -0.2) is 13.1 Å². The molecule has 1 aromatic heterocycles. The van der Waals surface area contributed by atoms with E-state index in [2.05, 4.69) is 36.6 Å². The highest BCUT2D eigenvalue weighted by atomic mass is 79.9. The zero-order chi connectivity index (χ0) is 13.6. The maximum atomic E-state index is 12.0. The molecule has 8 heteroatoms. The van der Waals surface area contributed by atoms with E-state index in [0.29, 0.717) is 31.1 Å². The number of halogens is 2. The zero-order valence-corrected chi connectivity index (χ0v) is 14.7. The summed E-state index contributed by atoms with van der Waals surface area (Å²) in [5, 5.41) is 0.793. The average Bonchev–Trinajstić information content (AvgIpc) is 2.63. The Hall–Kier alpha value is 0.530. The lowest BCUT2D eigenvalue weighted by atomic mass is 10.5. The van der Waals surface area contributed by atoms with Crippen LogP contribution in [-0.4, -0.2) is 33.5 Å². The maximum Gasteiger partial charge on any atom is 0.241 e. The molecule has 104 valence electrons. The third-order valence-corrected chi connectivity index (χ3v) is 5.70. The molecule has 0 amide bonds. The first-order valence-electron chi connectivity index (χ1n) is 5.36. The van der Waals surface area contributed by atoms with Gasteiger partial charge in [0, 0.05) is 23.4 Å². The third-order valence-electron chi connectivity index (χ3n) is 2.11. The van der Waals surface area contributed by atoms with Crippen molar-refractivity contribution in [2.75, 3.05) is 25.1 Å². The second kappa shape index (κ2) is 7.96. The summed E-state index contributed by atoms with van der Waals surface area (Å²) in [6.45, 7) is 3.38. The molecule has 1 rings (SSSR count). The topological polar surface area (TPSA) is 55.4 Å². The van der Waals surface area contributed by atoms with E-state index in [4.69, 9.17) is 4.74 Å². The number of rotatable bonds is 8. The van der Waals surface area contributed by atoms with Gasteiger partial charge in [0.05, 0.1) is 15.3 Å². The summed E-state index contributed by atoms with van der Waals surface area (Å²) in [6.07, 6.45) is 0.663. The van der Waals surface area contributed by atoms with Gasteiger partial charge >= 0.3 is 0 Å². The zero-order valence-electron chi connectivity index (χ0n) is 9.91. The van der Waals surface area contributed by atoms with Gasteiger partial charge in [0.2, 0.25) is 10.0 Å². The Bertz CT molecular complexity index is 473. The van der Waals surface area contributed by atoms with Crippen LogP contribution in [0.3, 0.4) is 0 Å². The number of hydrogen-bond acceptors (Lipinski definition) is 4. The molecule has 0 bridgehead atoms. The van der Waals surface area contributed by atoms with Gasteiger partial charge in [-0.05, 0) is 35.3 Å². The van der Waals surface area contributed by atoms with Crippen LogP contribution < -0.4 is 4.72 Å². The fourth-order valence-electron chi connectivity index (χ4n) is 1.31. The van der Waals surface area contributed by atoms with Crippen molar-refractivity contribution in [1.82, 2.24) is 4.72 Å². The summed E-state index contributed by atoms with van der Waals surface area (Å²) >= 11 is 7.95. The van der Waals surface area contributed by atoms with E-state index >= 15 is 0 Å². The lowest BCUT2D eigenvalue weighted by Crippen LogP contribution is -2.25. The van der Waals surface area contributed by atoms with Crippen molar-refractivity contribution >= 4 is 53.2 Å². The fourth-order valence-corrected chi connectivity index (χ4v) is 5.03. The molecule has 18 heavy (non-hydrogen) atoms. The van der Waals surface area contributed by atoms with Crippen molar-refractivity contribution in [2.24, 2.45) is 0 Å². The normalized spacial score (nSPS) is 11.9. The highest BCUT2D eigenvalue weighted by Crippen LogP contribution is 2.29. The van der Waals surface area contributed by atoms with Crippen molar-refractivity contribution in [3.05, 3.63) is 14.7 Å². The van der Waals surface area contributed by atoms with Gasteiger partial charge in [-0.15, -0.1) is 11.3 Å². The minimum atomic E-state index is -3.40. The van der Waals surface area contributed by atoms with Gasteiger partial charge in [0.15, 0.2) is 0 Å². The van der Waals surface area contributed by atoms with Crippen LogP contribution in [0.1, 0.15) is 11.3 Å². The second-order valence-electron chi connectivity index (χ2n) is 3.52. The predicted octanol–water partition coefficient (Wildman–Crippen LogP) is 2.90. The first-order chi connectivity index (χ1) is 8.47. The van der Waals surface area contributed by atoms with Gasteiger partial charge in [-0.3, -0.25) is 0 Å². The summed E-state index contributed by atoms with van der Waals surface area (Å²) in [5.74, 6) is 0. The molecule has 0 aliphatic heterocycles. The molecule has 0 atom stereocenters. The van der Waals surface area contributed by atoms with E-state index in [1.165, 1.54) is 11.3 Å². The van der Waals surface area contributed by atoms with E-state index in [1.54, 1.807) is 13.0 Å². The van der Waals surface area contributed by atoms with Crippen LogP contribution >= 0.6 is 43.2 Å². The van der Waals surface area contributed by atoms with Crippen LogP contribution in [0.2, 0.25) is 0 Å². The predicted molar refractivity (Wildman–Crippen MR) is 81.2 cm³/mol. The standard InChI is InChI=1S/C10H15Br2NO3S2/c1-8-9(7-10(12)17-8)18(14,15)13-4-2-5-16-6-3-11/h7,13H,2-6H2,1H3. The smallest absolute Gasteiger partial charge is 0.241 e. The third kappa shape index (κ3) is 5.26. The molecule has 0 saturated carbocycles. The average molecular weight is 421 g/mol. The Morgan fingerprint density at radius 1 is 1.44 bits per heavy atom. The molecule has 0 radical (unpaired) electrons. The minimum Gasteiger partial charge on any atom is -0.381 e. The molecule has 0 aliphatic rings. The molecule has 0 aliphatic carbocycles. The van der Waals surface area contributed by atoms with Gasteiger partial charge in [-0.1, -0.05) is 15.9 Å². The molecular formula is C10H15Br2NO3S2. The van der Waals surface area contributed by atoms with Crippen LogP contribution in [0.15, 0.2) is 14.7 Å². The molecule has 1 N–H and O–H groups in total. The fraction of sp³-hybridized carbons (Fsp3) is 0.600. The molecule has 0 aromatic carbocycles. The lowest BCUT2D eigenvalue weighted by molar-refractivity contribution is 0.149. The number of aryl methyl sites for hydroxylation is 1. The van der Waals surface area contributed by atoms with Crippen molar-refractivity contribution in [3.8, 4) is 0 Å². The number of alkyl halides is 1. The van der Waals surface area contributed by atoms with Crippen molar-refractivity contribution < 1.29 is 13.2 Å². The molecule has 0 unspecified atom stereocenters. The van der Waals surface area contributed by atoms with Crippen LogP contribution in [0.5, 0.6) is 0 Å². The van der Waals surface area contributed by atoms with E-state index < -0.39 is 10.0 Å². The van der Waals surface area contributed by atoms with Gasteiger partial charge < -0.3 is 4.74 Å². The number of hydrogen-bond donors (Lipinski definition) is 1. The number of sulfonamides is 1. The molecule has 0 fully saturated rings.